The molecule has 3 nitrogen and oxygen atoms in total. The molecule has 58 valence electrons. The fourth-order valence-electron chi connectivity index (χ4n) is 1.05. The van der Waals surface area contributed by atoms with E-state index in [1.165, 1.54) is 0 Å². The summed E-state index contributed by atoms with van der Waals surface area (Å²) in [5, 5.41) is 12.8. The number of rotatable bonds is 0. The van der Waals surface area contributed by atoms with Gasteiger partial charge in [-0.2, -0.15) is 10.4 Å². The first kappa shape index (κ1) is 7.32. The highest BCUT2D eigenvalue weighted by molar-refractivity contribution is 9.10. The fourth-order valence-corrected chi connectivity index (χ4v) is 1.34. The lowest BCUT2D eigenvalue weighted by Gasteiger charge is -1.94. The highest BCUT2D eigenvalue weighted by atomic mass is 79.9. The summed E-state index contributed by atoms with van der Waals surface area (Å²) in [7, 11) is 0. The van der Waals surface area contributed by atoms with Gasteiger partial charge in [-0.15, -0.1) is 0 Å². The van der Waals surface area contributed by atoms with Crippen LogP contribution in [0, 0.1) is 11.3 Å². The quantitative estimate of drug-likeness (QED) is 0.683. The molecule has 0 amide bonds. The Hall–Kier alpha value is -1.34. The Balaban J connectivity index is 2.86. The number of nitrogens with zero attached hydrogens (tertiary/aromatic N) is 3. The van der Waals surface area contributed by atoms with Gasteiger partial charge in [0.2, 0.25) is 0 Å². The molecule has 2 aromatic heterocycles. The Labute approximate surface area is 77.4 Å². The minimum absolute atomic E-state index is 0.548. The van der Waals surface area contributed by atoms with Gasteiger partial charge in [0.25, 0.3) is 0 Å². The van der Waals surface area contributed by atoms with Crippen LogP contribution >= 0.6 is 15.9 Å². The smallest absolute Gasteiger partial charge is 0.142 e. The van der Waals surface area contributed by atoms with Gasteiger partial charge in [-0.05, 0) is 40.2 Å². The van der Waals surface area contributed by atoms with Gasteiger partial charge < -0.3 is 0 Å². The third-order valence-corrected chi connectivity index (χ3v) is 2.01. The highest BCUT2D eigenvalue weighted by Crippen LogP contribution is 2.11. The normalized spacial score (nSPS) is 10.0. The zero-order valence-corrected chi connectivity index (χ0v) is 7.62. The molecule has 12 heavy (non-hydrogen) atoms. The van der Waals surface area contributed by atoms with Gasteiger partial charge in [0.05, 0.1) is 5.52 Å². The van der Waals surface area contributed by atoms with E-state index in [0.29, 0.717) is 5.69 Å². The molecular weight excluding hydrogens is 218 g/mol. The second-order valence-electron chi connectivity index (χ2n) is 2.32. The zero-order chi connectivity index (χ0) is 8.55. The maximum absolute atomic E-state index is 8.69. The van der Waals surface area contributed by atoms with Gasteiger partial charge in [0.1, 0.15) is 16.4 Å². The van der Waals surface area contributed by atoms with Gasteiger partial charge in [-0.25, -0.2) is 4.52 Å². The molecule has 2 heterocycles. The maximum Gasteiger partial charge on any atom is 0.142 e. The molecule has 0 spiro atoms. The first-order valence-corrected chi connectivity index (χ1v) is 4.15. The lowest BCUT2D eigenvalue weighted by molar-refractivity contribution is 0.906. The average Bonchev–Trinajstić information content (AvgIpc) is 2.46. The fraction of sp³-hybridized carbons (Fsp3) is 0. The van der Waals surface area contributed by atoms with Gasteiger partial charge in [0, 0.05) is 0 Å². The Kier molecular flexibility index (Phi) is 1.59. The second-order valence-corrected chi connectivity index (χ2v) is 3.14. The predicted octanol–water partition coefficient (Wildman–Crippen LogP) is 1.97. The molecule has 2 aromatic rings. The third kappa shape index (κ3) is 0.990. The summed E-state index contributed by atoms with van der Waals surface area (Å²) in [6, 6.07) is 9.41. The molecule has 0 saturated carbocycles. The summed E-state index contributed by atoms with van der Waals surface area (Å²) in [5.41, 5.74) is 1.47. The molecule has 4 heteroatoms. The Bertz CT molecular complexity index is 467. The topological polar surface area (TPSA) is 41.1 Å². The monoisotopic (exact) mass is 221 g/mol. The second kappa shape index (κ2) is 2.61. The van der Waals surface area contributed by atoms with Gasteiger partial charge in [0.15, 0.2) is 0 Å². The van der Waals surface area contributed by atoms with Crippen molar-refractivity contribution >= 4 is 21.4 Å². The number of hydrogen-bond acceptors (Lipinski definition) is 2. The molecule has 0 unspecified atom stereocenters. The minimum atomic E-state index is 0.548. The van der Waals surface area contributed by atoms with Gasteiger partial charge >= 0.3 is 0 Å². The van der Waals surface area contributed by atoms with Crippen LogP contribution in [0.5, 0.6) is 0 Å². The molecule has 0 bridgehead atoms. The van der Waals surface area contributed by atoms with E-state index < -0.39 is 0 Å². The van der Waals surface area contributed by atoms with Crippen molar-refractivity contribution < 1.29 is 0 Å². The number of hydrogen-bond donors (Lipinski definition) is 0. The lowest BCUT2D eigenvalue weighted by Crippen LogP contribution is -1.93. The summed E-state index contributed by atoms with van der Waals surface area (Å²) in [4.78, 5) is 0. The largest absolute Gasteiger partial charge is 0.222 e. The molecule has 0 saturated heterocycles. The maximum atomic E-state index is 8.69. The molecule has 0 atom stereocenters. The highest BCUT2D eigenvalue weighted by Gasteiger charge is 2.00. The van der Waals surface area contributed by atoms with Crippen molar-refractivity contribution in [3.8, 4) is 6.07 Å². The van der Waals surface area contributed by atoms with E-state index in [1.807, 2.05) is 18.2 Å². The summed E-state index contributed by atoms with van der Waals surface area (Å²) in [6.07, 6.45) is 0. The van der Waals surface area contributed by atoms with Crippen molar-refractivity contribution in [1.82, 2.24) is 9.61 Å². The van der Waals surface area contributed by atoms with E-state index in [0.717, 1.165) is 10.1 Å². The summed E-state index contributed by atoms with van der Waals surface area (Å²) < 4.78 is 2.33. The van der Waals surface area contributed by atoms with E-state index in [-0.39, 0.29) is 0 Å². The van der Waals surface area contributed by atoms with Crippen LogP contribution in [-0.2, 0) is 0 Å². The van der Waals surface area contributed by atoms with Crippen molar-refractivity contribution in [2.24, 2.45) is 0 Å². The molecule has 0 aliphatic rings. The summed E-state index contributed by atoms with van der Waals surface area (Å²) in [5.74, 6) is 0. The average molecular weight is 222 g/mol. The van der Waals surface area contributed by atoms with Crippen LogP contribution in [0.1, 0.15) is 5.69 Å². The van der Waals surface area contributed by atoms with Crippen molar-refractivity contribution in [3.63, 3.8) is 0 Å². The van der Waals surface area contributed by atoms with E-state index in [1.54, 1.807) is 10.6 Å². The van der Waals surface area contributed by atoms with Crippen LogP contribution in [0.15, 0.2) is 28.9 Å². The van der Waals surface area contributed by atoms with Crippen LogP contribution in [0.3, 0.4) is 0 Å². The third-order valence-electron chi connectivity index (χ3n) is 1.59. The van der Waals surface area contributed by atoms with E-state index in [4.69, 9.17) is 5.26 Å². The Morgan fingerprint density at radius 3 is 2.83 bits per heavy atom. The number of aromatic nitrogens is 2. The molecule has 0 radical (unpaired) electrons. The Morgan fingerprint density at radius 1 is 1.33 bits per heavy atom. The first-order valence-electron chi connectivity index (χ1n) is 3.35. The Morgan fingerprint density at radius 2 is 2.08 bits per heavy atom. The van der Waals surface area contributed by atoms with E-state index in [9.17, 15) is 0 Å². The van der Waals surface area contributed by atoms with Crippen molar-refractivity contribution in [2.75, 3.05) is 0 Å². The number of halogens is 1. The SMILES string of the molecule is N#Cc1ccc2ccc(Br)nn12. The molecule has 0 fully saturated rings. The predicted molar refractivity (Wildman–Crippen MR) is 47.6 cm³/mol. The van der Waals surface area contributed by atoms with Crippen molar-refractivity contribution in [1.29, 1.82) is 5.26 Å². The van der Waals surface area contributed by atoms with Crippen LogP contribution in [0.25, 0.3) is 5.52 Å². The minimum Gasteiger partial charge on any atom is -0.222 e. The number of nitriles is 1. The van der Waals surface area contributed by atoms with Crippen molar-refractivity contribution in [3.05, 3.63) is 34.6 Å². The lowest BCUT2D eigenvalue weighted by atomic mass is 10.4. The standard InChI is InChI=1S/C8H4BrN3/c9-8-4-3-6-1-2-7(5-10)12(6)11-8/h1-4H. The van der Waals surface area contributed by atoms with Gasteiger partial charge in [-0.3, -0.25) is 0 Å². The molecule has 0 aliphatic heterocycles. The molecule has 2 rings (SSSR count). The van der Waals surface area contributed by atoms with Crippen LogP contribution in [-0.4, -0.2) is 9.61 Å². The molecule has 0 N–H and O–H groups in total. The van der Waals surface area contributed by atoms with Crippen LogP contribution < -0.4 is 0 Å². The van der Waals surface area contributed by atoms with E-state index in [2.05, 4.69) is 27.1 Å². The zero-order valence-electron chi connectivity index (χ0n) is 6.03. The van der Waals surface area contributed by atoms with Crippen molar-refractivity contribution in [2.45, 2.75) is 0 Å². The summed E-state index contributed by atoms with van der Waals surface area (Å²) >= 11 is 3.24. The van der Waals surface area contributed by atoms with E-state index >= 15 is 0 Å². The van der Waals surface area contributed by atoms with Crippen LogP contribution in [0.4, 0.5) is 0 Å². The molecular formula is C8H4BrN3. The molecule has 0 aliphatic carbocycles. The molecule has 0 aromatic carbocycles. The van der Waals surface area contributed by atoms with Gasteiger partial charge in [-0.1, -0.05) is 0 Å². The van der Waals surface area contributed by atoms with Crippen LogP contribution in [0.2, 0.25) is 0 Å². The first-order chi connectivity index (χ1) is 5.81. The number of fused-ring (bicyclic) bond motifs is 1. The summed E-state index contributed by atoms with van der Waals surface area (Å²) in [6.45, 7) is 0.